The molecule has 3 aliphatic rings. The summed E-state index contributed by atoms with van der Waals surface area (Å²) in [5.41, 5.74) is 0.813. The van der Waals surface area contributed by atoms with Crippen LogP contribution in [0.5, 0.6) is 11.5 Å². The summed E-state index contributed by atoms with van der Waals surface area (Å²) in [6.07, 6.45) is -2.48. The largest absolute Gasteiger partial charge is 0.492 e. The Bertz CT molecular complexity index is 1100. The summed E-state index contributed by atoms with van der Waals surface area (Å²) in [6, 6.07) is 9.35. The number of ether oxygens (including phenoxy) is 3. The van der Waals surface area contributed by atoms with Gasteiger partial charge in [0.25, 0.3) is 0 Å². The highest BCUT2D eigenvalue weighted by Crippen LogP contribution is 2.45. The Morgan fingerprint density at radius 2 is 2.03 bits per heavy atom. The van der Waals surface area contributed by atoms with Crippen molar-refractivity contribution < 1.29 is 37.3 Å². The lowest BCUT2D eigenvalue weighted by Gasteiger charge is -2.36. The van der Waals surface area contributed by atoms with E-state index < -0.39 is 23.3 Å². The smallest absolute Gasteiger partial charge is 0.416 e. The number of hydrogen-bond acceptors (Lipinski definition) is 5. The fraction of sp³-hybridized carbons (Fsp3) is 0.500. The van der Waals surface area contributed by atoms with E-state index in [1.54, 1.807) is 18.2 Å². The lowest BCUT2D eigenvalue weighted by molar-refractivity contribution is -0.138. The van der Waals surface area contributed by atoms with Crippen LogP contribution in [0.15, 0.2) is 36.4 Å². The summed E-state index contributed by atoms with van der Waals surface area (Å²) in [6.45, 7) is 3.68. The number of aliphatic carboxylic acids is 1. The zero-order valence-corrected chi connectivity index (χ0v) is 19.3. The highest BCUT2D eigenvalue weighted by molar-refractivity contribution is 5.68. The molecule has 1 N–H and O–H groups in total. The SMILES string of the molecule is O=C(O)CC1COc2cc(O[C@]3(CN4CCCOCC4)CCc4cc(C(F)(F)F)ccc43)ccc21. The number of carboxylic acids is 1. The van der Waals surface area contributed by atoms with Crippen LogP contribution in [0, 0.1) is 0 Å². The fourth-order valence-electron chi connectivity index (χ4n) is 5.44. The molecule has 2 atom stereocenters. The molecule has 1 aliphatic carbocycles. The molecule has 188 valence electrons. The molecule has 0 bridgehead atoms. The molecule has 2 aromatic carbocycles. The normalized spacial score (nSPS) is 24.4. The molecule has 0 radical (unpaired) electrons. The monoisotopic (exact) mass is 491 g/mol. The van der Waals surface area contributed by atoms with Crippen molar-refractivity contribution >= 4 is 5.97 Å². The molecule has 2 heterocycles. The van der Waals surface area contributed by atoms with Crippen LogP contribution in [-0.2, 0) is 27.7 Å². The van der Waals surface area contributed by atoms with Crippen LogP contribution in [0.1, 0.15) is 47.4 Å². The molecule has 0 amide bonds. The van der Waals surface area contributed by atoms with Crippen molar-refractivity contribution in [3.8, 4) is 11.5 Å². The van der Waals surface area contributed by atoms with Crippen LogP contribution in [0.2, 0.25) is 0 Å². The standard InChI is InChI=1S/C26H28F3NO5/c27-26(28,29)19-2-5-22-17(12-19)6-7-25(22,16-30-8-1-10-33-11-9-30)35-20-3-4-21-18(13-24(31)32)15-34-23(21)14-20/h2-5,12,14,18H,1,6-11,13,15-16H2,(H,31,32)/t18?,25-/m0/s1. The van der Waals surface area contributed by atoms with Crippen LogP contribution in [-0.4, -0.2) is 55.4 Å². The highest BCUT2D eigenvalue weighted by Gasteiger charge is 2.44. The number of halogens is 3. The maximum atomic E-state index is 13.3. The van der Waals surface area contributed by atoms with Gasteiger partial charge in [-0.1, -0.05) is 12.1 Å². The van der Waals surface area contributed by atoms with Gasteiger partial charge in [-0.25, -0.2) is 0 Å². The molecule has 2 aromatic rings. The van der Waals surface area contributed by atoms with Crippen LogP contribution in [0.3, 0.4) is 0 Å². The number of nitrogens with zero attached hydrogens (tertiary/aromatic N) is 1. The second-order valence-corrected chi connectivity index (χ2v) is 9.51. The minimum Gasteiger partial charge on any atom is -0.492 e. The summed E-state index contributed by atoms with van der Waals surface area (Å²) in [4.78, 5) is 13.4. The molecule has 1 fully saturated rings. The molecular weight excluding hydrogens is 463 g/mol. The van der Waals surface area contributed by atoms with Gasteiger partial charge in [0.15, 0.2) is 0 Å². The lowest BCUT2D eigenvalue weighted by atomic mass is 9.93. The fourth-order valence-corrected chi connectivity index (χ4v) is 5.44. The lowest BCUT2D eigenvalue weighted by Crippen LogP contribution is -2.44. The summed E-state index contributed by atoms with van der Waals surface area (Å²) in [5, 5.41) is 9.15. The van der Waals surface area contributed by atoms with Crippen LogP contribution in [0.25, 0.3) is 0 Å². The first-order chi connectivity index (χ1) is 16.7. The topological polar surface area (TPSA) is 68.2 Å². The minimum absolute atomic E-state index is 0.0108. The van der Waals surface area contributed by atoms with Crippen LogP contribution in [0.4, 0.5) is 13.2 Å². The van der Waals surface area contributed by atoms with Crippen molar-refractivity contribution in [2.75, 3.05) is 39.5 Å². The van der Waals surface area contributed by atoms with Gasteiger partial charge in [-0.3, -0.25) is 9.69 Å². The highest BCUT2D eigenvalue weighted by atomic mass is 19.4. The zero-order chi connectivity index (χ0) is 24.6. The molecule has 9 heteroatoms. The molecule has 5 rings (SSSR count). The van der Waals surface area contributed by atoms with Gasteiger partial charge in [0.05, 0.1) is 25.2 Å². The quantitative estimate of drug-likeness (QED) is 0.637. The average molecular weight is 492 g/mol. The van der Waals surface area contributed by atoms with Gasteiger partial charge in [-0.05, 0) is 48.6 Å². The Hall–Kier alpha value is -2.78. The number of aryl methyl sites for hydroxylation is 1. The van der Waals surface area contributed by atoms with E-state index in [2.05, 4.69) is 4.90 Å². The molecule has 0 spiro atoms. The van der Waals surface area contributed by atoms with Gasteiger partial charge in [0, 0.05) is 43.8 Å². The molecule has 6 nitrogen and oxygen atoms in total. The second kappa shape index (κ2) is 9.35. The Kier molecular flexibility index (Phi) is 6.40. The Labute approximate surface area is 201 Å². The third-order valence-electron chi connectivity index (χ3n) is 7.11. The first-order valence-corrected chi connectivity index (χ1v) is 11.9. The van der Waals surface area contributed by atoms with E-state index in [0.717, 1.165) is 36.7 Å². The average Bonchev–Trinajstić information content (AvgIpc) is 3.24. The first-order valence-electron chi connectivity index (χ1n) is 11.9. The molecule has 1 saturated heterocycles. The number of alkyl halides is 3. The number of hydrogen-bond donors (Lipinski definition) is 1. The number of carboxylic acid groups (broad SMARTS) is 1. The maximum absolute atomic E-state index is 13.3. The predicted octanol–water partition coefficient (Wildman–Crippen LogP) is 4.60. The Morgan fingerprint density at radius 3 is 2.83 bits per heavy atom. The zero-order valence-electron chi connectivity index (χ0n) is 19.3. The Morgan fingerprint density at radius 1 is 1.17 bits per heavy atom. The van der Waals surface area contributed by atoms with Gasteiger partial charge < -0.3 is 19.3 Å². The van der Waals surface area contributed by atoms with E-state index in [1.165, 1.54) is 6.07 Å². The van der Waals surface area contributed by atoms with Crippen molar-refractivity contribution in [3.63, 3.8) is 0 Å². The van der Waals surface area contributed by atoms with Crippen molar-refractivity contribution in [2.24, 2.45) is 0 Å². The van der Waals surface area contributed by atoms with Crippen LogP contribution < -0.4 is 9.47 Å². The van der Waals surface area contributed by atoms with E-state index in [0.29, 0.717) is 56.3 Å². The van der Waals surface area contributed by atoms with Crippen molar-refractivity contribution in [1.29, 1.82) is 0 Å². The molecule has 35 heavy (non-hydrogen) atoms. The van der Waals surface area contributed by atoms with Gasteiger partial charge >= 0.3 is 12.1 Å². The number of fused-ring (bicyclic) bond motifs is 2. The number of benzene rings is 2. The first kappa shape index (κ1) is 23.9. The molecule has 2 aliphatic heterocycles. The molecule has 1 unspecified atom stereocenters. The summed E-state index contributed by atoms with van der Waals surface area (Å²) >= 11 is 0. The summed E-state index contributed by atoms with van der Waals surface area (Å²) in [7, 11) is 0. The number of rotatable bonds is 6. The number of carbonyl (C=O) groups is 1. The molecule has 0 aromatic heterocycles. The Balaban J connectivity index is 1.46. The minimum atomic E-state index is -4.40. The second-order valence-electron chi connectivity index (χ2n) is 9.51. The van der Waals surface area contributed by atoms with Crippen LogP contribution >= 0.6 is 0 Å². The van der Waals surface area contributed by atoms with Gasteiger partial charge in [0.1, 0.15) is 17.1 Å². The summed E-state index contributed by atoms with van der Waals surface area (Å²) in [5.74, 6) is 0.0554. The van der Waals surface area contributed by atoms with Gasteiger partial charge in [-0.15, -0.1) is 0 Å². The predicted molar refractivity (Wildman–Crippen MR) is 121 cm³/mol. The van der Waals surface area contributed by atoms with Crippen molar-refractivity contribution in [2.45, 2.75) is 43.4 Å². The van der Waals surface area contributed by atoms with Crippen molar-refractivity contribution in [3.05, 3.63) is 58.7 Å². The maximum Gasteiger partial charge on any atom is 0.416 e. The van der Waals surface area contributed by atoms with E-state index in [4.69, 9.17) is 19.3 Å². The molecular formula is C26H28F3NO5. The van der Waals surface area contributed by atoms with E-state index in [1.807, 2.05) is 6.07 Å². The summed E-state index contributed by atoms with van der Waals surface area (Å²) < 4.78 is 58.0. The van der Waals surface area contributed by atoms with E-state index >= 15 is 0 Å². The van der Waals surface area contributed by atoms with Gasteiger partial charge in [0.2, 0.25) is 0 Å². The van der Waals surface area contributed by atoms with E-state index in [9.17, 15) is 18.0 Å². The molecule has 0 saturated carbocycles. The third kappa shape index (κ3) is 4.97. The third-order valence-corrected chi connectivity index (χ3v) is 7.11. The van der Waals surface area contributed by atoms with E-state index in [-0.39, 0.29) is 12.3 Å². The van der Waals surface area contributed by atoms with Gasteiger partial charge in [-0.2, -0.15) is 13.2 Å². The van der Waals surface area contributed by atoms with Crippen molar-refractivity contribution in [1.82, 2.24) is 4.90 Å².